The number of aliphatic hydroxyl groups excluding tert-OH is 2. The Morgan fingerprint density at radius 2 is 1.82 bits per heavy atom. The normalized spacial score (nSPS) is 12.0. The summed E-state index contributed by atoms with van der Waals surface area (Å²) in [5, 5.41) is 25.5. The van der Waals surface area contributed by atoms with Crippen LogP contribution in [0.25, 0.3) is 11.3 Å². The smallest absolute Gasteiger partial charge is 0.267 e. The molecule has 1 heterocycles. The standard InChI is InChI=1S/C20H19F2N3O3/c21-15-7-14(8-16(22)9-15)19-4-5-20(28)25(24-19)11-13-2-1-3-17(6-13)23-10-18(27)12-26/h1-9,18,23,26-27H,10-12H2. The fourth-order valence-electron chi connectivity index (χ4n) is 2.67. The molecule has 0 spiro atoms. The lowest BCUT2D eigenvalue weighted by Gasteiger charge is -2.12. The van der Waals surface area contributed by atoms with Crippen LogP contribution in [0.2, 0.25) is 0 Å². The maximum atomic E-state index is 13.5. The molecule has 0 amide bonds. The molecule has 8 heteroatoms. The van der Waals surface area contributed by atoms with E-state index in [0.717, 1.165) is 23.8 Å². The molecule has 3 N–H and O–H groups in total. The van der Waals surface area contributed by atoms with E-state index in [4.69, 9.17) is 5.11 Å². The maximum absolute atomic E-state index is 13.5. The third-order valence-electron chi connectivity index (χ3n) is 4.04. The predicted molar refractivity (Wildman–Crippen MR) is 101 cm³/mol. The first-order valence-electron chi connectivity index (χ1n) is 8.61. The number of rotatable bonds is 7. The highest BCUT2D eigenvalue weighted by molar-refractivity contribution is 5.58. The first-order valence-corrected chi connectivity index (χ1v) is 8.61. The van der Waals surface area contributed by atoms with Crippen molar-refractivity contribution < 1.29 is 19.0 Å². The van der Waals surface area contributed by atoms with E-state index in [1.165, 1.54) is 16.8 Å². The SMILES string of the molecule is O=c1ccc(-c2cc(F)cc(F)c2)nn1Cc1cccc(NCC(O)CO)c1. The van der Waals surface area contributed by atoms with Crippen molar-refractivity contribution >= 4 is 5.69 Å². The van der Waals surface area contributed by atoms with Crippen molar-refractivity contribution in [2.45, 2.75) is 12.6 Å². The number of hydrogen-bond acceptors (Lipinski definition) is 5. The van der Waals surface area contributed by atoms with Gasteiger partial charge in [-0.3, -0.25) is 4.79 Å². The van der Waals surface area contributed by atoms with Gasteiger partial charge < -0.3 is 15.5 Å². The van der Waals surface area contributed by atoms with Crippen molar-refractivity contribution in [1.29, 1.82) is 0 Å². The molecule has 1 atom stereocenters. The van der Waals surface area contributed by atoms with Crippen LogP contribution >= 0.6 is 0 Å². The van der Waals surface area contributed by atoms with Gasteiger partial charge in [0.25, 0.3) is 5.56 Å². The summed E-state index contributed by atoms with van der Waals surface area (Å²) in [4.78, 5) is 12.2. The van der Waals surface area contributed by atoms with Gasteiger partial charge in [-0.05, 0) is 35.9 Å². The minimum Gasteiger partial charge on any atom is -0.394 e. The molecule has 0 aliphatic carbocycles. The number of aliphatic hydroxyl groups is 2. The number of aromatic nitrogens is 2. The molecule has 2 aromatic carbocycles. The maximum Gasteiger partial charge on any atom is 0.267 e. The van der Waals surface area contributed by atoms with Crippen LogP contribution < -0.4 is 10.9 Å². The quantitative estimate of drug-likeness (QED) is 0.577. The van der Waals surface area contributed by atoms with E-state index in [1.807, 2.05) is 0 Å². The number of anilines is 1. The molecule has 28 heavy (non-hydrogen) atoms. The lowest BCUT2D eigenvalue weighted by molar-refractivity contribution is 0.105. The molecular formula is C20H19F2N3O3. The van der Waals surface area contributed by atoms with Crippen LogP contribution in [0.5, 0.6) is 0 Å². The molecule has 0 fully saturated rings. The van der Waals surface area contributed by atoms with E-state index in [9.17, 15) is 18.7 Å². The molecule has 0 saturated carbocycles. The minimum absolute atomic E-state index is 0.155. The van der Waals surface area contributed by atoms with Crippen LogP contribution in [0.4, 0.5) is 14.5 Å². The molecule has 3 aromatic rings. The second-order valence-corrected chi connectivity index (χ2v) is 6.29. The van der Waals surface area contributed by atoms with Crippen molar-refractivity contribution in [3.8, 4) is 11.3 Å². The zero-order valence-corrected chi connectivity index (χ0v) is 14.8. The van der Waals surface area contributed by atoms with Crippen LogP contribution in [0.3, 0.4) is 0 Å². The monoisotopic (exact) mass is 387 g/mol. The van der Waals surface area contributed by atoms with Crippen LogP contribution in [0.1, 0.15) is 5.56 Å². The van der Waals surface area contributed by atoms with Gasteiger partial charge in [-0.15, -0.1) is 0 Å². The minimum atomic E-state index is -0.878. The number of nitrogens with one attached hydrogen (secondary N) is 1. The van der Waals surface area contributed by atoms with Gasteiger partial charge in [-0.1, -0.05) is 12.1 Å². The van der Waals surface area contributed by atoms with Gasteiger partial charge in [0.1, 0.15) is 11.6 Å². The van der Waals surface area contributed by atoms with Gasteiger partial charge in [0, 0.05) is 29.9 Å². The zero-order valence-electron chi connectivity index (χ0n) is 14.8. The van der Waals surface area contributed by atoms with Crippen molar-refractivity contribution in [3.05, 3.63) is 82.1 Å². The summed E-state index contributed by atoms with van der Waals surface area (Å²) in [6.45, 7) is -0.0131. The Labute approximate surface area is 159 Å². The van der Waals surface area contributed by atoms with E-state index in [-0.39, 0.29) is 36.5 Å². The summed E-state index contributed by atoms with van der Waals surface area (Å²) in [6.07, 6.45) is -0.878. The predicted octanol–water partition coefficient (Wildman–Crippen LogP) is 2.00. The Kier molecular flexibility index (Phi) is 6.13. The zero-order chi connectivity index (χ0) is 20.1. The molecule has 0 radical (unpaired) electrons. The molecule has 0 saturated heterocycles. The summed E-state index contributed by atoms with van der Waals surface area (Å²) in [5.41, 5.74) is 1.63. The highest BCUT2D eigenvalue weighted by Gasteiger charge is 2.08. The Morgan fingerprint density at radius 1 is 1.07 bits per heavy atom. The number of hydrogen-bond donors (Lipinski definition) is 3. The average molecular weight is 387 g/mol. The van der Waals surface area contributed by atoms with Crippen molar-refractivity contribution in [3.63, 3.8) is 0 Å². The van der Waals surface area contributed by atoms with Crippen molar-refractivity contribution in [1.82, 2.24) is 9.78 Å². The van der Waals surface area contributed by atoms with Crippen LogP contribution in [0.15, 0.2) is 59.4 Å². The summed E-state index contributed by atoms with van der Waals surface area (Å²) < 4.78 is 28.1. The summed E-state index contributed by atoms with van der Waals surface area (Å²) >= 11 is 0. The van der Waals surface area contributed by atoms with Crippen LogP contribution in [0, 0.1) is 11.6 Å². The Balaban J connectivity index is 1.84. The lowest BCUT2D eigenvalue weighted by atomic mass is 10.1. The Bertz CT molecular complexity index is 1000. The van der Waals surface area contributed by atoms with E-state index in [1.54, 1.807) is 24.3 Å². The van der Waals surface area contributed by atoms with Crippen LogP contribution in [-0.2, 0) is 6.54 Å². The Hall–Kier alpha value is -3.10. The fraction of sp³-hybridized carbons (Fsp3) is 0.200. The summed E-state index contributed by atoms with van der Waals surface area (Å²) in [7, 11) is 0. The number of nitrogens with zero attached hydrogens (tertiary/aromatic N) is 2. The van der Waals surface area contributed by atoms with E-state index >= 15 is 0 Å². The van der Waals surface area contributed by atoms with Gasteiger partial charge >= 0.3 is 0 Å². The van der Waals surface area contributed by atoms with E-state index in [0.29, 0.717) is 5.69 Å². The summed E-state index contributed by atoms with van der Waals surface area (Å²) in [6, 6.07) is 12.9. The molecule has 0 aliphatic rings. The van der Waals surface area contributed by atoms with Gasteiger partial charge in [-0.2, -0.15) is 5.10 Å². The van der Waals surface area contributed by atoms with Gasteiger partial charge in [0.2, 0.25) is 0 Å². The second kappa shape index (κ2) is 8.73. The van der Waals surface area contributed by atoms with Crippen molar-refractivity contribution in [2.24, 2.45) is 0 Å². The second-order valence-electron chi connectivity index (χ2n) is 6.29. The molecular weight excluding hydrogens is 368 g/mol. The summed E-state index contributed by atoms with van der Waals surface area (Å²) in [5.74, 6) is -1.45. The van der Waals surface area contributed by atoms with Crippen LogP contribution in [-0.4, -0.2) is 39.2 Å². The average Bonchev–Trinajstić information content (AvgIpc) is 2.67. The van der Waals surface area contributed by atoms with E-state index in [2.05, 4.69) is 10.4 Å². The molecule has 0 bridgehead atoms. The first kappa shape index (κ1) is 19.7. The van der Waals surface area contributed by atoms with E-state index < -0.39 is 17.7 Å². The van der Waals surface area contributed by atoms with Gasteiger partial charge in [0.05, 0.1) is 24.9 Å². The topological polar surface area (TPSA) is 87.4 Å². The third kappa shape index (κ3) is 4.99. The fourth-order valence-corrected chi connectivity index (χ4v) is 2.67. The molecule has 0 aliphatic heterocycles. The highest BCUT2D eigenvalue weighted by atomic mass is 19.1. The van der Waals surface area contributed by atoms with Gasteiger partial charge in [0.15, 0.2) is 0 Å². The molecule has 6 nitrogen and oxygen atoms in total. The molecule has 1 aromatic heterocycles. The number of halogens is 2. The third-order valence-corrected chi connectivity index (χ3v) is 4.04. The highest BCUT2D eigenvalue weighted by Crippen LogP contribution is 2.19. The van der Waals surface area contributed by atoms with Crippen molar-refractivity contribution in [2.75, 3.05) is 18.5 Å². The lowest BCUT2D eigenvalue weighted by Crippen LogP contribution is -2.24. The Morgan fingerprint density at radius 3 is 2.54 bits per heavy atom. The largest absolute Gasteiger partial charge is 0.394 e. The number of benzene rings is 2. The molecule has 146 valence electrons. The molecule has 1 unspecified atom stereocenters. The molecule has 3 rings (SSSR count). The van der Waals surface area contributed by atoms with Gasteiger partial charge in [-0.25, -0.2) is 13.5 Å². The first-order chi connectivity index (χ1) is 13.4.